The highest BCUT2D eigenvalue weighted by atomic mass is 35.5. The summed E-state index contributed by atoms with van der Waals surface area (Å²) in [6.07, 6.45) is 1.85. The van der Waals surface area contributed by atoms with Crippen LogP contribution in [0.4, 0.5) is 4.39 Å². The van der Waals surface area contributed by atoms with Gasteiger partial charge in [0, 0.05) is 18.5 Å². The van der Waals surface area contributed by atoms with E-state index in [1.165, 1.54) is 0 Å². The summed E-state index contributed by atoms with van der Waals surface area (Å²) >= 11 is 5.91. The maximum Gasteiger partial charge on any atom is 0.246 e. The lowest BCUT2D eigenvalue weighted by atomic mass is 9.55. The molecular weight excluding hydrogens is 447 g/mol. The summed E-state index contributed by atoms with van der Waals surface area (Å²) in [5.74, 6) is -0.377. The van der Waals surface area contributed by atoms with Gasteiger partial charge in [0.05, 0.1) is 23.0 Å². The molecular formula is C25H34ClFN2O4. The van der Waals surface area contributed by atoms with Gasteiger partial charge in [-0.05, 0) is 57.4 Å². The molecule has 8 heteroatoms. The number of rotatable bonds is 7. The summed E-state index contributed by atoms with van der Waals surface area (Å²) < 4.78 is 19.4. The number of amides is 2. The van der Waals surface area contributed by atoms with Crippen LogP contribution < -0.4 is 10.6 Å². The van der Waals surface area contributed by atoms with E-state index in [4.69, 9.17) is 16.3 Å². The lowest BCUT2D eigenvalue weighted by Crippen LogP contribution is -2.65. The van der Waals surface area contributed by atoms with Crippen molar-refractivity contribution in [3.05, 3.63) is 35.4 Å². The highest BCUT2D eigenvalue weighted by Gasteiger charge is 2.58. The molecule has 0 saturated heterocycles. The van der Waals surface area contributed by atoms with E-state index in [1.807, 2.05) is 31.2 Å². The molecule has 5 rings (SSSR count). The number of carbonyl (C=O) groups is 2. The fraction of sp³-hybridized carbons (Fsp3) is 0.680. The summed E-state index contributed by atoms with van der Waals surface area (Å²) in [7, 11) is 0. The first-order valence-corrected chi connectivity index (χ1v) is 12.4. The Kier molecular flexibility index (Phi) is 7.32. The molecule has 0 aliphatic heterocycles. The quantitative estimate of drug-likeness (QED) is 0.522. The van der Waals surface area contributed by atoms with Crippen LogP contribution in [0, 0.1) is 12.3 Å². The van der Waals surface area contributed by atoms with Crippen LogP contribution in [0.5, 0.6) is 0 Å². The van der Waals surface area contributed by atoms with Crippen LogP contribution >= 0.6 is 11.6 Å². The molecule has 0 radical (unpaired) electrons. The van der Waals surface area contributed by atoms with E-state index in [2.05, 4.69) is 10.6 Å². The Labute approximate surface area is 199 Å². The van der Waals surface area contributed by atoms with E-state index in [0.29, 0.717) is 51.5 Å². The number of aryl methyl sites for hydroxylation is 1. The summed E-state index contributed by atoms with van der Waals surface area (Å²) in [6.45, 7) is 2.31. The average molecular weight is 481 g/mol. The minimum atomic E-state index is -1.11. The van der Waals surface area contributed by atoms with Gasteiger partial charge in [0.25, 0.3) is 0 Å². The van der Waals surface area contributed by atoms with Crippen molar-refractivity contribution >= 4 is 23.4 Å². The second-order valence-electron chi connectivity index (χ2n) is 10.2. The Bertz CT molecular complexity index is 856. The van der Waals surface area contributed by atoms with Crippen molar-refractivity contribution in [1.82, 2.24) is 10.6 Å². The van der Waals surface area contributed by atoms with Crippen molar-refractivity contribution in [3.8, 4) is 0 Å². The lowest BCUT2D eigenvalue weighted by Gasteiger charge is -2.55. The van der Waals surface area contributed by atoms with E-state index < -0.39 is 28.6 Å². The molecule has 33 heavy (non-hydrogen) atoms. The largest absolute Gasteiger partial charge is 0.392 e. The Hall–Kier alpha value is -1.70. The number of alkyl halides is 2. The standard InChI is InChI=1S/C25H34ClFN2O4/c1-16-2-4-17(5-3-16)14-28-23(32)25-10-8-24(9-11-25,13-21(25)30)29-22(31)15-33-18-6-7-19(26)20(27)12-18/h2-5,18-21,30H,6-15H2,1H3,(H,28,32)(H,29,31)/t18?,19-,20?,21?,24?,25?/m0/s1. The third-order valence-electron chi connectivity index (χ3n) is 7.85. The van der Waals surface area contributed by atoms with Gasteiger partial charge in [-0.2, -0.15) is 0 Å². The number of hydrogen-bond donors (Lipinski definition) is 3. The number of ether oxygens (including phenoxy) is 1. The maximum absolute atomic E-state index is 13.8. The van der Waals surface area contributed by atoms with Crippen LogP contribution in [0.25, 0.3) is 0 Å². The van der Waals surface area contributed by atoms with Gasteiger partial charge in [-0.15, -0.1) is 11.6 Å². The summed E-state index contributed by atoms with van der Waals surface area (Å²) in [4.78, 5) is 25.6. The summed E-state index contributed by atoms with van der Waals surface area (Å²) in [5, 5.41) is 16.5. The summed E-state index contributed by atoms with van der Waals surface area (Å²) in [5.41, 5.74) is 0.864. The van der Waals surface area contributed by atoms with Crippen molar-refractivity contribution in [2.24, 2.45) is 5.41 Å². The number of halogens is 2. The van der Waals surface area contributed by atoms with E-state index in [0.717, 1.165) is 11.1 Å². The van der Waals surface area contributed by atoms with Crippen LogP contribution in [0.3, 0.4) is 0 Å². The third kappa shape index (κ3) is 5.36. The van der Waals surface area contributed by atoms with Crippen molar-refractivity contribution in [2.75, 3.05) is 6.61 Å². The van der Waals surface area contributed by atoms with Crippen LogP contribution in [0.2, 0.25) is 0 Å². The maximum atomic E-state index is 13.8. The molecule has 6 nitrogen and oxygen atoms in total. The van der Waals surface area contributed by atoms with Gasteiger partial charge >= 0.3 is 0 Å². The fourth-order valence-corrected chi connectivity index (χ4v) is 5.84. The van der Waals surface area contributed by atoms with E-state index in [1.54, 1.807) is 0 Å². The minimum absolute atomic E-state index is 0.116. The van der Waals surface area contributed by atoms with Crippen molar-refractivity contribution in [1.29, 1.82) is 0 Å². The Morgan fingerprint density at radius 2 is 1.88 bits per heavy atom. The molecule has 1 aromatic carbocycles. The third-order valence-corrected chi connectivity index (χ3v) is 8.34. The first kappa shape index (κ1) is 24.4. The Balaban J connectivity index is 1.27. The molecule has 0 spiro atoms. The average Bonchev–Trinajstić information content (AvgIpc) is 2.80. The van der Waals surface area contributed by atoms with Gasteiger partial charge in [-0.3, -0.25) is 9.59 Å². The second-order valence-corrected chi connectivity index (χ2v) is 10.7. The van der Waals surface area contributed by atoms with Gasteiger partial charge in [0.1, 0.15) is 12.8 Å². The van der Waals surface area contributed by atoms with Gasteiger partial charge in [0.2, 0.25) is 11.8 Å². The van der Waals surface area contributed by atoms with E-state index in [-0.39, 0.29) is 30.9 Å². The first-order chi connectivity index (χ1) is 15.7. The molecule has 3 unspecified atom stereocenters. The highest BCUT2D eigenvalue weighted by Crippen LogP contribution is 2.52. The predicted molar refractivity (Wildman–Crippen MR) is 124 cm³/mol. The smallest absolute Gasteiger partial charge is 0.246 e. The number of carbonyl (C=O) groups excluding carboxylic acids is 2. The fourth-order valence-electron chi connectivity index (χ4n) is 5.62. The SMILES string of the molecule is Cc1ccc(CNC(=O)C23CCC(NC(=O)COC4CC[C@H](Cl)C(F)C4)(CC2)CC3O)cc1. The van der Waals surface area contributed by atoms with Crippen LogP contribution in [0.15, 0.2) is 24.3 Å². The Morgan fingerprint density at radius 1 is 1.18 bits per heavy atom. The van der Waals surface area contributed by atoms with Gasteiger partial charge < -0.3 is 20.5 Å². The number of benzene rings is 1. The number of hydrogen-bond acceptors (Lipinski definition) is 4. The monoisotopic (exact) mass is 480 g/mol. The molecule has 4 saturated carbocycles. The molecule has 2 amide bonds. The zero-order valence-corrected chi connectivity index (χ0v) is 19.9. The molecule has 2 bridgehead atoms. The van der Waals surface area contributed by atoms with Crippen LogP contribution in [-0.4, -0.2) is 52.8 Å². The molecule has 4 aliphatic rings. The van der Waals surface area contributed by atoms with Crippen molar-refractivity contribution in [2.45, 2.75) is 94.1 Å². The number of nitrogens with one attached hydrogen (secondary N) is 2. The van der Waals surface area contributed by atoms with E-state index >= 15 is 0 Å². The lowest BCUT2D eigenvalue weighted by molar-refractivity contribution is -0.157. The molecule has 0 aromatic heterocycles. The first-order valence-electron chi connectivity index (χ1n) is 11.9. The topological polar surface area (TPSA) is 87.7 Å². The second kappa shape index (κ2) is 9.88. The number of fused-ring (bicyclic) bond motifs is 3. The molecule has 4 fully saturated rings. The van der Waals surface area contributed by atoms with Crippen molar-refractivity contribution in [3.63, 3.8) is 0 Å². The molecule has 1 aromatic rings. The van der Waals surface area contributed by atoms with Gasteiger partial charge in [0.15, 0.2) is 0 Å². The molecule has 182 valence electrons. The van der Waals surface area contributed by atoms with Gasteiger partial charge in [-0.25, -0.2) is 4.39 Å². The van der Waals surface area contributed by atoms with E-state index in [9.17, 15) is 19.1 Å². The number of aliphatic hydroxyl groups is 1. The van der Waals surface area contributed by atoms with Crippen LogP contribution in [0.1, 0.15) is 62.5 Å². The predicted octanol–water partition coefficient (Wildman–Crippen LogP) is 3.31. The number of aliphatic hydroxyl groups excluding tert-OH is 1. The van der Waals surface area contributed by atoms with Gasteiger partial charge in [-0.1, -0.05) is 29.8 Å². The minimum Gasteiger partial charge on any atom is -0.392 e. The highest BCUT2D eigenvalue weighted by molar-refractivity contribution is 6.21. The summed E-state index contributed by atoms with van der Waals surface area (Å²) in [6, 6.07) is 8.00. The van der Waals surface area contributed by atoms with Crippen molar-refractivity contribution < 1.29 is 23.8 Å². The molecule has 4 aliphatic carbocycles. The molecule has 0 heterocycles. The zero-order chi connectivity index (χ0) is 23.6. The normalized spacial score (nSPS) is 35.8. The molecule has 4 atom stereocenters. The zero-order valence-electron chi connectivity index (χ0n) is 19.1. The molecule has 3 N–H and O–H groups in total. The Morgan fingerprint density at radius 3 is 2.52 bits per heavy atom. The van der Waals surface area contributed by atoms with Crippen LogP contribution in [-0.2, 0) is 20.9 Å².